The summed E-state index contributed by atoms with van der Waals surface area (Å²) in [7, 11) is -18.0. The Morgan fingerprint density at radius 3 is 0.421 bits per heavy atom. The van der Waals surface area contributed by atoms with Crippen LogP contribution in [0.25, 0.3) is 0 Å². The summed E-state index contributed by atoms with van der Waals surface area (Å²) in [5.74, 6) is 0. The van der Waals surface area contributed by atoms with Crippen molar-refractivity contribution in [3.63, 3.8) is 0 Å². The van der Waals surface area contributed by atoms with Crippen molar-refractivity contribution in [1.29, 1.82) is 0 Å². The maximum atomic E-state index is 9.75. The number of hydrogen-bond acceptors (Lipinski definition) is 0. The van der Waals surface area contributed by atoms with Crippen LogP contribution in [-0.2, 0) is 0 Å². The van der Waals surface area contributed by atoms with Crippen LogP contribution < -0.4 is 51.4 Å². The molecular formula is CHB3F14K-3. The predicted octanol–water partition coefficient (Wildman–Crippen LogP) is 1.95. The van der Waals surface area contributed by atoms with Gasteiger partial charge in [-0.3, -0.25) is 0 Å². The first-order valence-electron chi connectivity index (χ1n) is 3.06. The maximum Gasteiger partial charge on any atom is 1.00 e. The van der Waals surface area contributed by atoms with Crippen LogP contribution in [0.3, 0.4) is 0 Å². The molecule has 0 aliphatic rings. The van der Waals surface area contributed by atoms with E-state index in [0.29, 0.717) is 0 Å². The SMILES string of the molecule is F[B-](F)(F)F.F[B-](F)(F)F.F[B-](F)(F)F.F[CH-]F.[K+]. The van der Waals surface area contributed by atoms with Crippen molar-refractivity contribution in [2.45, 2.75) is 0 Å². The van der Waals surface area contributed by atoms with Gasteiger partial charge < -0.3 is 60.6 Å². The van der Waals surface area contributed by atoms with E-state index < -0.39 is 28.7 Å². The summed E-state index contributed by atoms with van der Waals surface area (Å²) in [5, 5.41) is 0. The molecule has 0 saturated carbocycles. The summed E-state index contributed by atoms with van der Waals surface area (Å²) in [6, 6.07) is 0. The van der Waals surface area contributed by atoms with Gasteiger partial charge in [0, 0.05) is 0 Å². The van der Waals surface area contributed by atoms with E-state index in [4.69, 9.17) is 0 Å². The zero-order valence-electron chi connectivity index (χ0n) is 8.60. The van der Waals surface area contributed by atoms with Gasteiger partial charge in [0.25, 0.3) is 0 Å². The monoisotopic (exact) mass is 351 g/mol. The molecule has 0 fully saturated rings. The standard InChI is InChI=1S/CHF2.3BF4.K/c2-1-3;3*2-1(3,4)5;/h1H;;;;/q4*-1;+1. The van der Waals surface area contributed by atoms with Crippen LogP contribution in [0, 0.1) is 6.93 Å². The Labute approximate surface area is 140 Å². The van der Waals surface area contributed by atoms with Gasteiger partial charge in [-0.15, -0.1) is 0 Å². The Morgan fingerprint density at radius 2 is 0.421 bits per heavy atom. The summed E-state index contributed by atoms with van der Waals surface area (Å²) in [5.41, 5.74) is 0. The third-order valence-corrected chi connectivity index (χ3v) is 0. The Bertz CT molecular complexity index is 109. The van der Waals surface area contributed by atoms with Gasteiger partial charge in [-0.25, -0.2) is 0 Å². The molecule has 0 aromatic heterocycles. The Morgan fingerprint density at radius 1 is 0.421 bits per heavy atom. The Kier molecular flexibility index (Phi) is 25.7. The number of halogens is 14. The molecule has 0 heterocycles. The van der Waals surface area contributed by atoms with Crippen LogP contribution in [-0.4, -0.2) is 21.8 Å². The predicted molar refractivity (Wildman–Crippen MR) is 37.1 cm³/mol. The zero-order valence-corrected chi connectivity index (χ0v) is 11.7. The average molecular weight is 351 g/mol. The van der Waals surface area contributed by atoms with E-state index >= 15 is 0 Å². The average Bonchev–Trinajstić information content (AvgIpc) is 1.71. The molecule has 0 nitrogen and oxygen atoms in total. The van der Waals surface area contributed by atoms with Gasteiger partial charge in [0.05, 0.1) is 0 Å². The van der Waals surface area contributed by atoms with Crippen molar-refractivity contribution >= 4 is 21.8 Å². The molecule has 0 radical (unpaired) electrons. The van der Waals surface area contributed by atoms with Gasteiger partial charge in [0.2, 0.25) is 0 Å². The van der Waals surface area contributed by atoms with Crippen molar-refractivity contribution in [3.8, 4) is 0 Å². The summed E-state index contributed by atoms with van der Waals surface area (Å²) in [4.78, 5) is 0. The summed E-state index contributed by atoms with van der Waals surface area (Å²) >= 11 is 0. The number of hydrogen-bond donors (Lipinski definition) is 0. The second kappa shape index (κ2) is 15.2. The van der Waals surface area contributed by atoms with Gasteiger partial charge in [0.15, 0.2) is 0 Å². The third-order valence-electron chi connectivity index (χ3n) is 0. The first kappa shape index (κ1) is 32.0. The third kappa shape index (κ3) is 7390. The molecule has 0 aliphatic carbocycles. The summed E-state index contributed by atoms with van der Waals surface area (Å²) in [6.45, 7) is -1.00. The van der Waals surface area contributed by atoms with Gasteiger partial charge in [-0.2, -0.15) is 0 Å². The molecule has 0 atom stereocenters. The van der Waals surface area contributed by atoms with E-state index in [9.17, 15) is 60.6 Å². The molecule has 0 amide bonds. The second-order valence-corrected chi connectivity index (χ2v) is 1.57. The van der Waals surface area contributed by atoms with E-state index in [1.165, 1.54) is 0 Å². The Balaban J connectivity index is -0.0000000458. The smallest absolute Gasteiger partial charge is 0.425 e. The molecule has 0 aromatic rings. The van der Waals surface area contributed by atoms with E-state index in [1.54, 1.807) is 0 Å². The molecule has 0 rings (SSSR count). The second-order valence-electron chi connectivity index (χ2n) is 1.57. The Hall–Kier alpha value is 0.851. The molecule has 0 N–H and O–H groups in total. The fourth-order valence-corrected chi connectivity index (χ4v) is 0. The fourth-order valence-electron chi connectivity index (χ4n) is 0. The van der Waals surface area contributed by atoms with Crippen molar-refractivity contribution in [1.82, 2.24) is 0 Å². The van der Waals surface area contributed by atoms with Crippen LogP contribution in [0.15, 0.2) is 0 Å². The van der Waals surface area contributed by atoms with Crippen molar-refractivity contribution in [2.75, 3.05) is 0 Å². The van der Waals surface area contributed by atoms with Crippen LogP contribution in [0.5, 0.6) is 0 Å². The van der Waals surface area contributed by atoms with Gasteiger partial charge >= 0.3 is 73.1 Å². The van der Waals surface area contributed by atoms with Gasteiger partial charge in [-0.1, -0.05) is 0 Å². The molecular weight excluding hydrogens is 350 g/mol. The normalized spacial score (nSPS) is 10.4. The van der Waals surface area contributed by atoms with E-state index in [-0.39, 0.29) is 51.4 Å². The maximum absolute atomic E-state index is 9.75. The van der Waals surface area contributed by atoms with Gasteiger partial charge in [0.1, 0.15) is 0 Å². The van der Waals surface area contributed by atoms with Gasteiger partial charge in [-0.05, 0) is 6.93 Å². The molecule has 0 saturated heterocycles. The molecule has 19 heavy (non-hydrogen) atoms. The molecule has 0 unspecified atom stereocenters. The fraction of sp³-hybridized carbons (Fsp3) is 0. The van der Waals surface area contributed by atoms with E-state index in [0.717, 1.165) is 0 Å². The molecule has 0 aromatic carbocycles. The van der Waals surface area contributed by atoms with Crippen LogP contribution in [0.1, 0.15) is 0 Å². The molecule has 0 aliphatic heterocycles. The van der Waals surface area contributed by atoms with Crippen LogP contribution in [0.2, 0.25) is 0 Å². The molecule has 18 heteroatoms. The van der Waals surface area contributed by atoms with E-state index in [2.05, 4.69) is 0 Å². The topological polar surface area (TPSA) is 0 Å². The van der Waals surface area contributed by atoms with Crippen molar-refractivity contribution in [2.24, 2.45) is 0 Å². The minimum Gasteiger partial charge on any atom is -0.425 e. The molecule has 0 bridgehead atoms. The van der Waals surface area contributed by atoms with Crippen molar-refractivity contribution < 1.29 is 112 Å². The zero-order chi connectivity index (χ0) is 16.2. The summed E-state index contributed by atoms with van der Waals surface area (Å²) in [6.07, 6.45) is 0. The van der Waals surface area contributed by atoms with Crippen LogP contribution in [0.4, 0.5) is 60.6 Å². The first-order chi connectivity index (χ1) is 7.41. The molecule has 0 spiro atoms. The largest absolute Gasteiger partial charge is 1.00 e. The minimum absolute atomic E-state index is 0. The number of rotatable bonds is 0. The molecule has 116 valence electrons. The quantitative estimate of drug-likeness (QED) is 0.356. The van der Waals surface area contributed by atoms with E-state index in [1.807, 2.05) is 0 Å². The van der Waals surface area contributed by atoms with Crippen LogP contribution >= 0.6 is 0 Å². The first-order valence-corrected chi connectivity index (χ1v) is 3.06. The summed E-state index contributed by atoms with van der Waals surface area (Å²) < 4.78 is 136. The van der Waals surface area contributed by atoms with Crippen molar-refractivity contribution in [3.05, 3.63) is 6.93 Å². The minimum atomic E-state index is -6.00.